The van der Waals surface area contributed by atoms with E-state index in [-0.39, 0.29) is 12.6 Å². The first-order chi connectivity index (χ1) is 12.3. The molecule has 1 N–H and O–H groups in total. The van der Waals surface area contributed by atoms with Gasteiger partial charge in [-0.2, -0.15) is 0 Å². The average Bonchev–Trinajstić information content (AvgIpc) is 3.02. The molecule has 1 atom stereocenters. The first-order valence-corrected chi connectivity index (χ1v) is 9.63. The van der Waals surface area contributed by atoms with Gasteiger partial charge in [0.25, 0.3) is 0 Å². The number of hydrogen-bond acceptors (Lipinski definition) is 3. The lowest BCUT2D eigenvalue weighted by Gasteiger charge is -2.35. The van der Waals surface area contributed by atoms with Crippen molar-refractivity contribution >= 4 is 32.9 Å². The van der Waals surface area contributed by atoms with Gasteiger partial charge in [0.2, 0.25) is 5.95 Å². The number of anilines is 1. The molecule has 0 radical (unpaired) electrons. The summed E-state index contributed by atoms with van der Waals surface area (Å²) < 4.78 is 3.37. The normalized spacial score (nSPS) is 18.0. The Kier molecular flexibility index (Phi) is 4.77. The highest BCUT2D eigenvalue weighted by Crippen LogP contribution is 2.29. The number of rotatable bonds is 4. The number of hydrogen-bond donors (Lipinski definition) is 1. The predicted octanol–water partition coefficient (Wildman–Crippen LogP) is 4.20. The molecule has 5 heteroatoms. The second-order valence-electron chi connectivity index (χ2n) is 6.64. The van der Waals surface area contributed by atoms with Crippen molar-refractivity contribution in [3.05, 3.63) is 58.6 Å². The minimum Gasteiger partial charge on any atom is -0.394 e. The summed E-state index contributed by atoms with van der Waals surface area (Å²) in [7, 11) is 0. The summed E-state index contributed by atoms with van der Waals surface area (Å²) in [5.41, 5.74) is 3.39. The summed E-state index contributed by atoms with van der Waals surface area (Å²) in [6, 6.07) is 16.9. The third-order valence-electron chi connectivity index (χ3n) is 4.98. The van der Waals surface area contributed by atoms with Crippen LogP contribution in [0.25, 0.3) is 11.0 Å². The Morgan fingerprint density at radius 2 is 1.88 bits per heavy atom. The summed E-state index contributed by atoms with van der Waals surface area (Å²) in [6.07, 6.45) is 3.35. The van der Waals surface area contributed by atoms with Crippen LogP contribution in [0.3, 0.4) is 0 Å². The number of imidazole rings is 1. The fourth-order valence-corrected chi connectivity index (χ4v) is 3.93. The smallest absolute Gasteiger partial charge is 0.207 e. The Morgan fingerprint density at radius 3 is 2.68 bits per heavy atom. The molecule has 2 aromatic carbocycles. The zero-order valence-electron chi connectivity index (χ0n) is 14.1. The van der Waals surface area contributed by atoms with Crippen LogP contribution in [0.4, 0.5) is 5.95 Å². The van der Waals surface area contributed by atoms with E-state index in [1.165, 1.54) is 12.0 Å². The zero-order chi connectivity index (χ0) is 17.2. The van der Waals surface area contributed by atoms with Crippen LogP contribution in [0.5, 0.6) is 0 Å². The Bertz CT molecular complexity index is 859. The lowest BCUT2D eigenvalue weighted by Crippen LogP contribution is -2.43. The van der Waals surface area contributed by atoms with Gasteiger partial charge in [-0.1, -0.05) is 40.2 Å². The molecule has 1 aliphatic rings. The minimum absolute atomic E-state index is 0.161. The van der Waals surface area contributed by atoms with E-state index < -0.39 is 0 Å². The molecule has 1 aromatic heterocycles. The second-order valence-corrected chi connectivity index (χ2v) is 7.55. The van der Waals surface area contributed by atoms with Gasteiger partial charge in [0.15, 0.2) is 0 Å². The largest absolute Gasteiger partial charge is 0.394 e. The topological polar surface area (TPSA) is 41.3 Å². The molecule has 0 bridgehead atoms. The molecule has 4 rings (SSSR count). The van der Waals surface area contributed by atoms with Crippen LogP contribution in [-0.4, -0.2) is 33.9 Å². The maximum Gasteiger partial charge on any atom is 0.207 e. The van der Waals surface area contributed by atoms with Gasteiger partial charge in [0, 0.05) is 11.0 Å². The standard InChI is InChI=1S/C20H22BrN3O/c21-16-10-8-15(9-11-16)13-24-19-7-2-1-6-18(19)22-20(24)23-12-4-3-5-17(23)14-25/h1-2,6-11,17,25H,3-5,12-14H2. The van der Waals surface area contributed by atoms with Crippen LogP contribution in [0.2, 0.25) is 0 Å². The Hall–Kier alpha value is -1.85. The van der Waals surface area contributed by atoms with E-state index in [9.17, 15) is 5.11 Å². The highest BCUT2D eigenvalue weighted by molar-refractivity contribution is 9.10. The monoisotopic (exact) mass is 399 g/mol. The van der Waals surface area contributed by atoms with Crippen molar-refractivity contribution in [3.8, 4) is 0 Å². The van der Waals surface area contributed by atoms with Gasteiger partial charge in [0.05, 0.1) is 30.2 Å². The molecule has 0 spiro atoms. The van der Waals surface area contributed by atoms with Crippen molar-refractivity contribution in [2.45, 2.75) is 31.8 Å². The van der Waals surface area contributed by atoms with Crippen molar-refractivity contribution < 1.29 is 5.11 Å². The molecule has 0 aliphatic carbocycles. The van der Waals surface area contributed by atoms with E-state index in [0.29, 0.717) is 0 Å². The summed E-state index contributed by atoms with van der Waals surface area (Å²) in [4.78, 5) is 7.21. The molecular weight excluding hydrogens is 378 g/mol. The van der Waals surface area contributed by atoms with Crippen molar-refractivity contribution in [3.63, 3.8) is 0 Å². The van der Waals surface area contributed by atoms with Crippen LogP contribution in [0, 0.1) is 0 Å². The van der Waals surface area contributed by atoms with Crippen LogP contribution in [0.1, 0.15) is 24.8 Å². The number of aromatic nitrogens is 2. The van der Waals surface area contributed by atoms with Gasteiger partial charge in [-0.25, -0.2) is 4.98 Å². The summed E-state index contributed by atoms with van der Waals surface area (Å²) >= 11 is 3.50. The van der Waals surface area contributed by atoms with Crippen molar-refractivity contribution in [1.82, 2.24) is 9.55 Å². The maximum absolute atomic E-state index is 9.82. The number of benzene rings is 2. The van der Waals surface area contributed by atoms with E-state index in [2.05, 4.69) is 67.9 Å². The SMILES string of the molecule is OCC1CCCCN1c1nc2ccccc2n1Cc1ccc(Br)cc1. The molecule has 1 fully saturated rings. The number of fused-ring (bicyclic) bond motifs is 1. The highest BCUT2D eigenvalue weighted by atomic mass is 79.9. The van der Waals surface area contributed by atoms with Crippen LogP contribution >= 0.6 is 15.9 Å². The van der Waals surface area contributed by atoms with Gasteiger partial charge < -0.3 is 14.6 Å². The van der Waals surface area contributed by atoms with Gasteiger partial charge in [0.1, 0.15) is 0 Å². The van der Waals surface area contributed by atoms with E-state index in [0.717, 1.165) is 47.4 Å². The lowest BCUT2D eigenvalue weighted by atomic mass is 10.0. The molecular formula is C20H22BrN3O. The van der Waals surface area contributed by atoms with Gasteiger partial charge in [-0.05, 0) is 49.1 Å². The van der Waals surface area contributed by atoms with Crippen molar-refractivity contribution in [2.75, 3.05) is 18.1 Å². The number of para-hydroxylation sites is 2. The number of piperidine rings is 1. The molecule has 130 valence electrons. The predicted molar refractivity (Wildman–Crippen MR) is 105 cm³/mol. The number of aliphatic hydroxyl groups excluding tert-OH is 1. The lowest BCUT2D eigenvalue weighted by molar-refractivity contribution is 0.238. The zero-order valence-corrected chi connectivity index (χ0v) is 15.7. The molecule has 25 heavy (non-hydrogen) atoms. The second kappa shape index (κ2) is 7.18. The first-order valence-electron chi connectivity index (χ1n) is 8.83. The average molecular weight is 400 g/mol. The molecule has 3 aromatic rings. The van der Waals surface area contributed by atoms with Crippen LogP contribution in [-0.2, 0) is 6.54 Å². The molecule has 4 nitrogen and oxygen atoms in total. The molecule has 1 aliphatic heterocycles. The molecule has 0 saturated carbocycles. The third kappa shape index (κ3) is 3.31. The first kappa shape index (κ1) is 16.6. The fraction of sp³-hybridized carbons (Fsp3) is 0.350. The Balaban J connectivity index is 1.78. The summed E-state index contributed by atoms with van der Waals surface area (Å²) in [6.45, 7) is 1.91. The Labute approximate surface area is 156 Å². The summed E-state index contributed by atoms with van der Waals surface area (Å²) in [5.74, 6) is 0.975. The number of nitrogens with zero attached hydrogens (tertiary/aromatic N) is 3. The molecule has 1 unspecified atom stereocenters. The van der Waals surface area contributed by atoms with Crippen LogP contribution < -0.4 is 4.90 Å². The minimum atomic E-state index is 0.161. The molecule has 1 saturated heterocycles. The number of aliphatic hydroxyl groups is 1. The quantitative estimate of drug-likeness (QED) is 0.714. The molecule has 0 amide bonds. The van der Waals surface area contributed by atoms with Crippen LogP contribution in [0.15, 0.2) is 53.0 Å². The Morgan fingerprint density at radius 1 is 1.08 bits per heavy atom. The van der Waals surface area contributed by atoms with E-state index in [1.807, 2.05) is 6.07 Å². The summed E-state index contributed by atoms with van der Waals surface area (Å²) in [5, 5.41) is 9.82. The fourth-order valence-electron chi connectivity index (χ4n) is 3.66. The van der Waals surface area contributed by atoms with Crippen molar-refractivity contribution in [1.29, 1.82) is 0 Å². The van der Waals surface area contributed by atoms with E-state index in [1.54, 1.807) is 0 Å². The number of halogens is 1. The van der Waals surface area contributed by atoms with Crippen molar-refractivity contribution in [2.24, 2.45) is 0 Å². The highest BCUT2D eigenvalue weighted by Gasteiger charge is 2.26. The maximum atomic E-state index is 9.82. The van der Waals surface area contributed by atoms with E-state index >= 15 is 0 Å². The third-order valence-corrected chi connectivity index (χ3v) is 5.51. The molecule has 2 heterocycles. The van der Waals surface area contributed by atoms with Gasteiger partial charge >= 0.3 is 0 Å². The van der Waals surface area contributed by atoms with Gasteiger partial charge in [-0.15, -0.1) is 0 Å². The van der Waals surface area contributed by atoms with Gasteiger partial charge in [-0.3, -0.25) is 0 Å². The van der Waals surface area contributed by atoms with E-state index in [4.69, 9.17) is 4.98 Å².